The molecule has 0 aromatic carbocycles. The van der Waals surface area contributed by atoms with Gasteiger partial charge in [0, 0.05) is 19.7 Å². The van der Waals surface area contributed by atoms with Gasteiger partial charge >= 0.3 is 0 Å². The molecule has 94 valence electrons. The molecule has 0 atom stereocenters. The van der Waals surface area contributed by atoms with Crippen LogP contribution >= 0.6 is 0 Å². The van der Waals surface area contributed by atoms with E-state index in [9.17, 15) is 5.11 Å². The van der Waals surface area contributed by atoms with Gasteiger partial charge < -0.3 is 14.7 Å². The average Bonchev–Trinajstić information content (AvgIpc) is 2.96. The van der Waals surface area contributed by atoms with E-state index in [-0.39, 0.29) is 0 Å². The number of ether oxygens (including phenoxy) is 1. The summed E-state index contributed by atoms with van der Waals surface area (Å²) in [6.07, 6.45) is 7.02. The number of hydrogen-bond donors (Lipinski definition) is 1. The Kier molecular flexibility index (Phi) is 4.22. The van der Waals surface area contributed by atoms with Gasteiger partial charge in [-0.15, -0.1) is 0 Å². The van der Waals surface area contributed by atoms with Crippen molar-refractivity contribution in [2.75, 3.05) is 33.4 Å². The van der Waals surface area contributed by atoms with Crippen molar-refractivity contribution in [3.63, 3.8) is 0 Å². The molecule has 1 N–H and O–H groups in total. The SMILES string of the molecule is CN(CCOCC1CC1)CC1(O)CCCC1. The van der Waals surface area contributed by atoms with Gasteiger partial charge in [0.1, 0.15) is 0 Å². The number of likely N-dealkylation sites (N-methyl/N-ethyl adjacent to an activating group) is 1. The van der Waals surface area contributed by atoms with Crippen LogP contribution in [0.4, 0.5) is 0 Å². The van der Waals surface area contributed by atoms with Gasteiger partial charge in [-0.2, -0.15) is 0 Å². The number of hydrogen-bond acceptors (Lipinski definition) is 3. The summed E-state index contributed by atoms with van der Waals surface area (Å²) < 4.78 is 5.60. The van der Waals surface area contributed by atoms with E-state index in [4.69, 9.17) is 4.74 Å². The van der Waals surface area contributed by atoms with Gasteiger partial charge in [-0.3, -0.25) is 0 Å². The standard InChI is InChI=1S/C13H25NO2/c1-14(8-9-16-10-12-4-5-12)11-13(15)6-2-3-7-13/h12,15H,2-11H2,1H3. The molecule has 2 aliphatic rings. The summed E-state index contributed by atoms with van der Waals surface area (Å²) in [5, 5.41) is 10.2. The predicted octanol–water partition coefficient (Wildman–Crippen LogP) is 1.65. The Bertz CT molecular complexity index is 210. The lowest BCUT2D eigenvalue weighted by atomic mass is 10.0. The van der Waals surface area contributed by atoms with Gasteiger partial charge in [0.2, 0.25) is 0 Å². The summed E-state index contributed by atoms with van der Waals surface area (Å²) in [6, 6.07) is 0. The van der Waals surface area contributed by atoms with Crippen molar-refractivity contribution in [3.8, 4) is 0 Å². The van der Waals surface area contributed by atoms with Crippen molar-refractivity contribution in [1.82, 2.24) is 4.90 Å². The molecule has 16 heavy (non-hydrogen) atoms. The van der Waals surface area contributed by atoms with Gasteiger partial charge in [-0.1, -0.05) is 12.8 Å². The lowest BCUT2D eigenvalue weighted by molar-refractivity contribution is 0.00781. The Balaban J connectivity index is 1.54. The first-order valence-corrected chi connectivity index (χ1v) is 6.67. The van der Waals surface area contributed by atoms with Crippen molar-refractivity contribution in [3.05, 3.63) is 0 Å². The topological polar surface area (TPSA) is 32.7 Å². The summed E-state index contributed by atoms with van der Waals surface area (Å²) in [4.78, 5) is 2.21. The van der Waals surface area contributed by atoms with Crippen LogP contribution in [0.3, 0.4) is 0 Å². The molecule has 0 heterocycles. The minimum atomic E-state index is -0.411. The van der Waals surface area contributed by atoms with Crippen molar-refractivity contribution < 1.29 is 9.84 Å². The first kappa shape index (κ1) is 12.3. The van der Waals surface area contributed by atoms with Crippen molar-refractivity contribution in [2.24, 2.45) is 5.92 Å². The van der Waals surface area contributed by atoms with E-state index in [1.54, 1.807) is 0 Å². The Hall–Kier alpha value is -0.120. The highest BCUT2D eigenvalue weighted by atomic mass is 16.5. The van der Waals surface area contributed by atoms with E-state index in [1.807, 2.05) is 0 Å². The summed E-state index contributed by atoms with van der Waals surface area (Å²) in [6.45, 7) is 3.50. The first-order chi connectivity index (χ1) is 7.68. The molecule has 0 unspecified atom stereocenters. The number of rotatable bonds is 7. The molecule has 0 aliphatic heterocycles. The molecule has 3 nitrogen and oxygen atoms in total. The first-order valence-electron chi connectivity index (χ1n) is 6.67. The number of nitrogens with zero attached hydrogens (tertiary/aromatic N) is 1. The Labute approximate surface area is 98.8 Å². The van der Waals surface area contributed by atoms with Crippen molar-refractivity contribution >= 4 is 0 Å². The smallest absolute Gasteiger partial charge is 0.0774 e. The van der Waals surface area contributed by atoms with Crippen LogP contribution in [-0.4, -0.2) is 49.0 Å². The van der Waals surface area contributed by atoms with Crippen molar-refractivity contribution in [2.45, 2.75) is 44.1 Å². The van der Waals surface area contributed by atoms with E-state index in [2.05, 4.69) is 11.9 Å². The summed E-state index contributed by atoms with van der Waals surface area (Å²) in [5.41, 5.74) is -0.411. The second-order valence-electron chi connectivity index (χ2n) is 5.69. The van der Waals surface area contributed by atoms with Crippen LogP contribution in [0, 0.1) is 5.92 Å². The molecule has 0 amide bonds. The average molecular weight is 227 g/mol. The van der Waals surface area contributed by atoms with Gasteiger partial charge in [0.05, 0.1) is 12.2 Å². The minimum Gasteiger partial charge on any atom is -0.389 e. The zero-order chi connectivity index (χ0) is 11.4. The van der Waals surface area contributed by atoms with Crippen LogP contribution < -0.4 is 0 Å². The zero-order valence-corrected chi connectivity index (χ0v) is 10.5. The molecule has 2 rings (SSSR count). The lowest BCUT2D eigenvalue weighted by Gasteiger charge is -2.28. The fourth-order valence-electron chi connectivity index (χ4n) is 2.53. The Morgan fingerprint density at radius 1 is 1.31 bits per heavy atom. The highest BCUT2D eigenvalue weighted by molar-refractivity contribution is 4.86. The molecule has 2 saturated carbocycles. The van der Waals surface area contributed by atoms with Crippen LogP contribution in [0.5, 0.6) is 0 Å². The second-order valence-corrected chi connectivity index (χ2v) is 5.69. The molecular formula is C13H25NO2. The molecule has 0 aromatic rings. The highest BCUT2D eigenvalue weighted by Crippen LogP contribution is 2.30. The van der Waals surface area contributed by atoms with E-state index in [0.29, 0.717) is 0 Å². The zero-order valence-electron chi connectivity index (χ0n) is 10.5. The molecule has 3 heteroatoms. The van der Waals surface area contributed by atoms with Crippen LogP contribution in [0.25, 0.3) is 0 Å². The van der Waals surface area contributed by atoms with Crippen LogP contribution in [0.2, 0.25) is 0 Å². The van der Waals surface area contributed by atoms with Gasteiger partial charge in [0.25, 0.3) is 0 Å². The summed E-state index contributed by atoms with van der Waals surface area (Å²) in [7, 11) is 2.08. The van der Waals surface area contributed by atoms with Crippen LogP contribution in [-0.2, 0) is 4.74 Å². The third kappa shape index (κ3) is 4.04. The van der Waals surface area contributed by atoms with Crippen LogP contribution in [0.1, 0.15) is 38.5 Å². The quantitative estimate of drug-likeness (QED) is 0.671. The maximum atomic E-state index is 10.2. The maximum Gasteiger partial charge on any atom is 0.0774 e. The van der Waals surface area contributed by atoms with E-state index in [1.165, 1.54) is 25.7 Å². The Morgan fingerprint density at radius 2 is 2.00 bits per heavy atom. The largest absolute Gasteiger partial charge is 0.389 e. The van der Waals surface area contributed by atoms with Gasteiger partial charge in [0.15, 0.2) is 0 Å². The monoisotopic (exact) mass is 227 g/mol. The second kappa shape index (κ2) is 5.48. The summed E-state index contributed by atoms with van der Waals surface area (Å²) in [5.74, 6) is 0.851. The maximum absolute atomic E-state index is 10.2. The van der Waals surface area contributed by atoms with Crippen molar-refractivity contribution in [1.29, 1.82) is 0 Å². The molecule has 0 saturated heterocycles. The normalized spacial score (nSPS) is 24.2. The molecule has 0 radical (unpaired) electrons. The lowest BCUT2D eigenvalue weighted by Crippen LogP contribution is -2.40. The van der Waals surface area contributed by atoms with E-state index < -0.39 is 5.60 Å². The predicted molar refractivity (Wildman–Crippen MR) is 64.5 cm³/mol. The molecule has 2 fully saturated rings. The third-order valence-electron chi connectivity index (χ3n) is 3.77. The van der Waals surface area contributed by atoms with E-state index in [0.717, 1.165) is 45.1 Å². The fraction of sp³-hybridized carbons (Fsp3) is 1.00. The van der Waals surface area contributed by atoms with Gasteiger partial charge in [-0.25, -0.2) is 0 Å². The summed E-state index contributed by atoms with van der Waals surface area (Å²) >= 11 is 0. The third-order valence-corrected chi connectivity index (χ3v) is 3.77. The fourth-order valence-corrected chi connectivity index (χ4v) is 2.53. The number of aliphatic hydroxyl groups is 1. The van der Waals surface area contributed by atoms with E-state index >= 15 is 0 Å². The molecule has 0 spiro atoms. The molecule has 2 aliphatic carbocycles. The molecule has 0 aromatic heterocycles. The minimum absolute atomic E-state index is 0.411. The molecule has 0 bridgehead atoms. The Morgan fingerprint density at radius 3 is 2.62 bits per heavy atom. The van der Waals surface area contributed by atoms with Crippen LogP contribution in [0.15, 0.2) is 0 Å². The molecular weight excluding hydrogens is 202 g/mol. The van der Waals surface area contributed by atoms with Gasteiger partial charge in [-0.05, 0) is 38.6 Å². The highest BCUT2D eigenvalue weighted by Gasteiger charge is 2.31.